The van der Waals surface area contributed by atoms with Crippen LogP contribution in [0.1, 0.15) is 11.1 Å². The maximum Gasteiger partial charge on any atom is 0.225 e. The number of benzene rings is 1. The van der Waals surface area contributed by atoms with Crippen LogP contribution in [0.4, 0.5) is 5.69 Å². The van der Waals surface area contributed by atoms with E-state index < -0.39 is 0 Å². The van der Waals surface area contributed by atoms with Crippen LogP contribution in [0, 0.1) is 11.3 Å². The second-order valence-corrected chi connectivity index (χ2v) is 4.46. The molecule has 0 radical (unpaired) electrons. The summed E-state index contributed by atoms with van der Waals surface area (Å²) in [4.78, 5) is 8.07. The Morgan fingerprint density at radius 2 is 1.90 bits per heavy atom. The third-order valence-electron chi connectivity index (χ3n) is 2.81. The van der Waals surface area contributed by atoms with Crippen molar-refractivity contribution in [3.8, 4) is 17.8 Å². The minimum absolute atomic E-state index is 0.336. The predicted molar refractivity (Wildman–Crippen MR) is 78.6 cm³/mol. The van der Waals surface area contributed by atoms with Crippen LogP contribution >= 0.6 is 11.6 Å². The highest BCUT2D eigenvalue weighted by molar-refractivity contribution is 6.30. The molecule has 0 spiro atoms. The van der Waals surface area contributed by atoms with Crippen molar-refractivity contribution in [2.45, 2.75) is 6.54 Å². The fourth-order valence-electron chi connectivity index (χ4n) is 1.83. The molecule has 2 aromatic rings. The molecule has 7 heteroatoms. The molecule has 1 N–H and O–H groups in total. The van der Waals surface area contributed by atoms with Gasteiger partial charge in [-0.05, 0) is 18.2 Å². The second-order valence-electron chi connectivity index (χ2n) is 4.03. The Morgan fingerprint density at radius 3 is 2.48 bits per heavy atom. The van der Waals surface area contributed by atoms with Gasteiger partial charge in [0, 0.05) is 5.02 Å². The van der Waals surface area contributed by atoms with Gasteiger partial charge in [-0.15, -0.1) is 0 Å². The van der Waals surface area contributed by atoms with E-state index in [2.05, 4.69) is 21.4 Å². The van der Waals surface area contributed by atoms with Gasteiger partial charge in [-0.3, -0.25) is 0 Å². The van der Waals surface area contributed by atoms with E-state index in [4.69, 9.17) is 26.3 Å². The van der Waals surface area contributed by atoms with Crippen molar-refractivity contribution in [2.75, 3.05) is 19.5 Å². The first-order chi connectivity index (χ1) is 10.2. The van der Waals surface area contributed by atoms with E-state index in [0.29, 0.717) is 40.1 Å². The van der Waals surface area contributed by atoms with Gasteiger partial charge in [0.15, 0.2) is 0 Å². The molecule has 1 heterocycles. The lowest BCUT2D eigenvalue weighted by Gasteiger charge is -2.13. The molecule has 0 aliphatic carbocycles. The zero-order valence-electron chi connectivity index (χ0n) is 11.6. The average molecular weight is 305 g/mol. The average Bonchev–Trinajstić information content (AvgIpc) is 2.52. The van der Waals surface area contributed by atoms with Crippen LogP contribution in [0.15, 0.2) is 24.5 Å². The number of rotatable bonds is 5. The number of methoxy groups -OCH3 is 2. The molecule has 6 nitrogen and oxygen atoms in total. The number of nitriles is 1. The number of nitrogens with one attached hydrogen (secondary N) is 1. The normalized spacial score (nSPS) is 9.81. The van der Waals surface area contributed by atoms with Gasteiger partial charge in [0.25, 0.3) is 0 Å². The highest BCUT2D eigenvalue weighted by atomic mass is 35.5. The van der Waals surface area contributed by atoms with E-state index >= 15 is 0 Å². The van der Waals surface area contributed by atoms with Gasteiger partial charge in [-0.25, -0.2) is 9.97 Å². The maximum absolute atomic E-state index is 9.10. The summed E-state index contributed by atoms with van der Waals surface area (Å²) in [6.45, 7) is 0.336. The molecule has 21 heavy (non-hydrogen) atoms. The molecular weight excluding hydrogens is 292 g/mol. The summed E-state index contributed by atoms with van der Waals surface area (Å²) in [6, 6.07) is 7.10. The second kappa shape index (κ2) is 6.77. The molecule has 0 saturated carbocycles. The highest BCUT2D eigenvalue weighted by Crippen LogP contribution is 2.26. The lowest BCUT2D eigenvalue weighted by Crippen LogP contribution is -2.07. The number of anilines is 1. The summed E-state index contributed by atoms with van der Waals surface area (Å²) < 4.78 is 10.4. The topological polar surface area (TPSA) is 80.1 Å². The molecule has 0 saturated heterocycles. The van der Waals surface area contributed by atoms with Crippen LogP contribution < -0.4 is 14.8 Å². The Labute approximate surface area is 127 Å². The van der Waals surface area contributed by atoms with Crippen LogP contribution in [0.5, 0.6) is 11.8 Å². The van der Waals surface area contributed by atoms with E-state index in [1.165, 1.54) is 20.5 Å². The van der Waals surface area contributed by atoms with E-state index in [9.17, 15) is 0 Å². The third kappa shape index (κ3) is 3.33. The molecule has 0 aliphatic rings. The van der Waals surface area contributed by atoms with Crippen molar-refractivity contribution in [2.24, 2.45) is 0 Å². The van der Waals surface area contributed by atoms with E-state index in [1.54, 1.807) is 18.2 Å². The smallest absolute Gasteiger partial charge is 0.225 e. The first-order valence-electron chi connectivity index (χ1n) is 6.05. The maximum atomic E-state index is 9.10. The minimum atomic E-state index is 0.336. The van der Waals surface area contributed by atoms with Gasteiger partial charge >= 0.3 is 0 Å². The quantitative estimate of drug-likeness (QED) is 0.914. The van der Waals surface area contributed by atoms with E-state index in [1.807, 2.05) is 0 Å². The van der Waals surface area contributed by atoms with Crippen molar-refractivity contribution in [3.63, 3.8) is 0 Å². The molecule has 108 valence electrons. The monoisotopic (exact) mass is 304 g/mol. The van der Waals surface area contributed by atoms with Crippen LogP contribution in [0.25, 0.3) is 0 Å². The molecule has 0 aliphatic heterocycles. The SMILES string of the molecule is COc1ncnc(OC)c1CNc1cc(Cl)ccc1C#N. The summed E-state index contributed by atoms with van der Waals surface area (Å²) in [5.74, 6) is 0.824. The number of hydrogen-bond donors (Lipinski definition) is 1. The number of hydrogen-bond acceptors (Lipinski definition) is 6. The number of nitrogens with zero attached hydrogens (tertiary/aromatic N) is 3. The summed E-state index contributed by atoms with van der Waals surface area (Å²) in [5.41, 5.74) is 1.78. The fraction of sp³-hybridized carbons (Fsp3) is 0.214. The summed E-state index contributed by atoms with van der Waals surface area (Å²) in [7, 11) is 3.04. The minimum Gasteiger partial charge on any atom is -0.481 e. The lowest BCUT2D eigenvalue weighted by atomic mass is 10.2. The summed E-state index contributed by atoms with van der Waals surface area (Å²) in [5, 5.41) is 12.8. The number of aromatic nitrogens is 2. The molecule has 0 fully saturated rings. The van der Waals surface area contributed by atoms with Crippen LogP contribution in [0.2, 0.25) is 5.02 Å². The fourth-order valence-corrected chi connectivity index (χ4v) is 2.00. The molecular formula is C14H13ClN4O2. The summed E-state index contributed by atoms with van der Waals surface area (Å²) >= 11 is 5.95. The third-order valence-corrected chi connectivity index (χ3v) is 3.05. The Morgan fingerprint density at radius 1 is 1.24 bits per heavy atom. The molecule has 2 rings (SSSR count). The molecule has 0 bridgehead atoms. The Bertz CT molecular complexity index is 663. The van der Waals surface area contributed by atoms with Crippen molar-refractivity contribution < 1.29 is 9.47 Å². The van der Waals surface area contributed by atoms with Crippen LogP contribution in [0.3, 0.4) is 0 Å². The van der Waals surface area contributed by atoms with Crippen molar-refractivity contribution in [3.05, 3.63) is 40.7 Å². The Hall–Kier alpha value is -2.52. The van der Waals surface area contributed by atoms with Gasteiger partial charge in [0.1, 0.15) is 12.4 Å². The van der Waals surface area contributed by atoms with Gasteiger partial charge in [0.2, 0.25) is 11.8 Å². The largest absolute Gasteiger partial charge is 0.481 e. The lowest BCUT2D eigenvalue weighted by molar-refractivity contribution is 0.363. The standard InChI is InChI=1S/C14H13ClN4O2/c1-20-13-11(14(21-2)19-8-18-13)7-17-12-5-10(15)4-3-9(12)6-16/h3-5,8,17H,7H2,1-2H3. The van der Waals surface area contributed by atoms with Gasteiger partial charge < -0.3 is 14.8 Å². The Balaban J connectivity index is 2.28. The van der Waals surface area contributed by atoms with Gasteiger partial charge in [-0.2, -0.15) is 5.26 Å². The number of ether oxygens (including phenoxy) is 2. The molecule has 1 aromatic heterocycles. The van der Waals surface area contributed by atoms with Crippen molar-refractivity contribution in [1.29, 1.82) is 5.26 Å². The summed E-state index contributed by atoms with van der Waals surface area (Å²) in [6.07, 6.45) is 1.36. The molecule has 1 aromatic carbocycles. The van der Waals surface area contributed by atoms with Crippen molar-refractivity contribution in [1.82, 2.24) is 9.97 Å². The first kappa shape index (κ1) is 14.9. The molecule has 0 amide bonds. The zero-order valence-corrected chi connectivity index (χ0v) is 12.3. The highest BCUT2D eigenvalue weighted by Gasteiger charge is 2.13. The molecule has 0 atom stereocenters. The van der Waals surface area contributed by atoms with Crippen LogP contribution in [-0.2, 0) is 6.54 Å². The van der Waals surface area contributed by atoms with Gasteiger partial charge in [-0.1, -0.05) is 11.6 Å². The first-order valence-corrected chi connectivity index (χ1v) is 6.42. The number of halogens is 1. The predicted octanol–water partition coefficient (Wildman–Crippen LogP) is 2.63. The zero-order chi connectivity index (χ0) is 15.2. The molecule has 0 unspecified atom stereocenters. The van der Waals surface area contributed by atoms with E-state index in [-0.39, 0.29) is 0 Å². The van der Waals surface area contributed by atoms with Gasteiger partial charge in [0.05, 0.1) is 37.6 Å². The van der Waals surface area contributed by atoms with Crippen molar-refractivity contribution >= 4 is 17.3 Å². The van der Waals surface area contributed by atoms with Crippen LogP contribution in [-0.4, -0.2) is 24.2 Å². The Kier molecular flexibility index (Phi) is 4.80. The van der Waals surface area contributed by atoms with E-state index in [0.717, 1.165) is 0 Å².